The van der Waals surface area contributed by atoms with Crippen LogP contribution in [0.4, 0.5) is 0 Å². The number of carbonyl (C=O) groups excluding carboxylic acids is 1. The summed E-state index contributed by atoms with van der Waals surface area (Å²) in [6.07, 6.45) is 2.50. The number of carbonyl (C=O) groups is 1. The molecule has 0 fully saturated rings. The van der Waals surface area contributed by atoms with Gasteiger partial charge in [0.2, 0.25) is 0 Å². The summed E-state index contributed by atoms with van der Waals surface area (Å²) in [7, 11) is 0. The van der Waals surface area contributed by atoms with Gasteiger partial charge in [0.05, 0.1) is 5.97 Å². The molecule has 1 rings (SSSR count). The molecule has 0 aliphatic rings. The number of carboxylic acids is 1. The van der Waals surface area contributed by atoms with Gasteiger partial charge in [-0.1, -0.05) is 36.4 Å². The van der Waals surface area contributed by atoms with Crippen LogP contribution in [0, 0.1) is 0 Å². The van der Waals surface area contributed by atoms with E-state index in [1.54, 1.807) is 0 Å². The van der Waals surface area contributed by atoms with Gasteiger partial charge in [-0.15, -0.1) is 0 Å². The standard InChI is InChI=1S/C9H8O2.Rb/c10-9(11)7-6-8-4-2-1-3-5-8;/h1-7H,(H,10,11);/q;+1/p-1. The van der Waals surface area contributed by atoms with Crippen LogP contribution in [0.15, 0.2) is 36.4 Å². The van der Waals surface area contributed by atoms with Gasteiger partial charge in [-0.05, 0) is 11.6 Å². The van der Waals surface area contributed by atoms with Crippen molar-refractivity contribution >= 4 is 12.0 Å². The van der Waals surface area contributed by atoms with E-state index in [2.05, 4.69) is 0 Å². The molecule has 0 saturated heterocycles. The van der Waals surface area contributed by atoms with Crippen LogP contribution >= 0.6 is 0 Å². The Bertz CT molecular complexity index is 267. The maximum atomic E-state index is 9.97. The van der Waals surface area contributed by atoms with Crippen LogP contribution in [0.1, 0.15) is 5.56 Å². The van der Waals surface area contributed by atoms with Crippen molar-refractivity contribution in [2.45, 2.75) is 0 Å². The van der Waals surface area contributed by atoms with Crippen molar-refractivity contribution in [2.75, 3.05) is 0 Å². The summed E-state index contributed by atoms with van der Waals surface area (Å²) < 4.78 is 0. The van der Waals surface area contributed by atoms with E-state index in [-0.39, 0.29) is 58.2 Å². The van der Waals surface area contributed by atoms with Gasteiger partial charge in [-0.25, -0.2) is 0 Å². The molecule has 0 bridgehead atoms. The van der Waals surface area contributed by atoms with E-state index in [0.717, 1.165) is 11.6 Å². The van der Waals surface area contributed by atoms with E-state index in [4.69, 9.17) is 0 Å². The molecular formula is C9H7O2Rb. The molecule has 0 spiro atoms. The van der Waals surface area contributed by atoms with Gasteiger partial charge in [0.15, 0.2) is 0 Å². The maximum Gasteiger partial charge on any atom is 1.00 e. The second kappa shape index (κ2) is 6.72. The smallest absolute Gasteiger partial charge is 0.545 e. The molecule has 0 amide bonds. The Kier molecular flexibility index (Phi) is 6.85. The van der Waals surface area contributed by atoms with E-state index >= 15 is 0 Å². The molecule has 1 aromatic rings. The van der Waals surface area contributed by atoms with E-state index < -0.39 is 5.97 Å². The summed E-state index contributed by atoms with van der Waals surface area (Å²) in [6, 6.07) is 9.19. The molecule has 0 heterocycles. The zero-order valence-electron chi connectivity index (χ0n) is 6.86. The summed E-state index contributed by atoms with van der Waals surface area (Å²) in [5.41, 5.74) is 0.858. The third-order valence-corrected chi connectivity index (χ3v) is 1.21. The van der Waals surface area contributed by atoms with E-state index in [9.17, 15) is 9.90 Å². The number of benzene rings is 1. The molecule has 0 atom stereocenters. The van der Waals surface area contributed by atoms with Crippen molar-refractivity contribution in [1.29, 1.82) is 0 Å². The van der Waals surface area contributed by atoms with E-state index in [1.807, 2.05) is 30.3 Å². The SMILES string of the molecule is O=C([O-])C=Cc1ccccc1.[Rb+]. The summed E-state index contributed by atoms with van der Waals surface area (Å²) in [5.74, 6) is -1.17. The first kappa shape index (κ1) is 12.2. The summed E-state index contributed by atoms with van der Waals surface area (Å²) in [4.78, 5) is 9.97. The Morgan fingerprint density at radius 3 is 2.33 bits per heavy atom. The predicted octanol–water partition coefficient (Wildman–Crippen LogP) is -2.55. The second-order valence-corrected chi connectivity index (χ2v) is 2.06. The van der Waals surface area contributed by atoms with Gasteiger partial charge < -0.3 is 9.90 Å². The molecule has 1 aromatic carbocycles. The first-order chi connectivity index (χ1) is 5.29. The van der Waals surface area contributed by atoms with Crippen molar-refractivity contribution < 1.29 is 68.1 Å². The number of hydrogen-bond acceptors (Lipinski definition) is 2. The molecule has 0 saturated carbocycles. The molecule has 2 nitrogen and oxygen atoms in total. The molecule has 0 aliphatic heterocycles. The van der Waals surface area contributed by atoms with Crippen LogP contribution < -0.4 is 63.3 Å². The molecule has 12 heavy (non-hydrogen) atoms. The number of aliphatic carboxylic acids is 1. The van der Waals surface area contributed by atoms with Crippen molar-refractivity contribution in [2.24, 2.45) is 0 Å². The van der Waals surface area contributed by atoms with Crippen LogP contribution in [0.2, 0.25) is 0 Å². The first-order valence-corrected chi connectivity index (χ1v) is 3.23. The Morgan fingerprint density at radius 2 is 1.83 bits per heavy atom. The van der Waals surface area contributed by atoms with Gasteiger partial charge in [0.1, 0.15) is 0 Å². The van der Waals surface area contributed by atoms with Crippen molar-refractivity contribution in [3.63, 3.8) is 0 Å². The molecule has 0 N–H and O–H groups in total. The van der Waals surface area contributed by atoms with Crippen molar-refractivity contribution in [3.8, 4) is 0 Å². The van der Waals surface area contributed by atoms with Crippen LogP contribution in [0.5, 0.6) is 0 Å². The molecule has 0 aromatic heterocycles. The quantitative estimate of drug-likeness (QED) is 0.527. The Morgan fingerprint density at radius 1 is 1.25 bits per heavy atom. The normalized spacial score (nSPS) is 9.33. The average Bonchev–Trinajstić information content (AvgIpc) is 2.03. The fourth-order valence-corrected chi connectivity index (χ4v) is 0.728. The van der Waals surface area contributed by atoms with Crippen molar-refractivity contribution in [3.05, 3.63) is 42.0 Å². The number of carboxylic acid groups (broad SMARTS) is 1. The molecule has 3 heteroatoms. The molecule has 0 radical (unpaired) electrons. The number of rotatable bonds is 2. The van der Waals surface area contributed by atoms with Crippen LogP contribution in [-0.4, -0.2) is 5.97 Å². The summed E-state index contributed by atoms with van der Waals surface area (Å²) >= 11 is 0. The molecular weight excluding hydrogens is 226 g/mol. The summed E-state index contributed by atoms with van der Waals surface area (Å²) in [6.45, 7) is 0. The minimum Gasteiger partial charge on any atom is -0.545 e. The zero-order chi connectivity index (χ0) is 8.10. The van der Waals surface area contributed by atoms with E-state index in [0.29, 0.717) is 0 Å². The van der Waals surface area contributed by atoms with Crippen LogP contribution in [-0.2, 0) is 4.79 Å². The third-order valence-electron chi connectivity index (χ3n) is 1.21. The minimum atomic E-state index is -1.17. The second-order valence-electron chi connectivity index (χ2n) is 2.06. The fraction of sp³-hybridized carbons (Fsp3) is 0. The third kappa shape index (κ3) is 4.98. The molecule has 0 aliphatic carbocycles. The predicted molar refractivity (Wildman–Crippen MR) is 40.5 cm³/mol. The first-order valence-electron chi connectivity index (χ1n) is 3.23. The Labute approximate surface area is 120 Å². The zero-order valence-corrected chi connectivity index (χ0v) is 11.8. The van der Waals surface area contributed by atoms with Gasteiger partial charge in [0.25, 0.3) is 0 Å². The van der Waals surface area contributed by atoms with Gasteiger partial charge >= 0.3 is 58.2 Å². The van der Waals surface area contributed by atoms with Crippen LogP contribution in [0.25, 0.3) is 6.08 Å². The monoisotopic (exact) mass is 232 g/mol. The van der Waals surface area contributed by atoms with E-state index in [1.165, 1.54) is 6.08 Å². The average molecular weight is 233 g/mol. The van der Waals surface area contributed by atoms with Crippen molar-refractivity contribution in [1.82, 2.24) is 0 Å². The van der Waals surface area contributed by atoms with Crippen LogP contribution in [0.3, 0.4) is 0 Å². The van der Waals surface area contributed by atoms with Gasteiger partial charge in [-0.2, -0.15) is 0 Å². The Hall–Kier alpha value is 0.235. The van der Waals surface area contributed by atoms with Gasteiger partial charge in [0, 0.05) is 0 Å². The Balaban J connectivity index is 0.00000121. The van der Waals surface area contributed by atoms with Gasteiger partial charge in [-0.3, -0.25) is 0 Å². The number of hydrogen-bond donors (Lipinski definition) is 0. The summed E-state index contributed by atoms with van der Waals surface area (Å²) in [5, 5.41) is 9.97. The largest absolute Gasteiger partial charge is 1.00 e. The maximum absolute atomic E-state index is 9.97. The molecule has 56 valence electrons. The minimum absolute atomic E-state index is 0. The topological polar surface area (TPSA) is 40.1 Å². The fourth-order valence-electron chi connectivity index (χ4n) is 0.728. The molecule has 0 unspecified atom stereocenters.